The number of carbonyl (C=O) groups is 4. The van der Waals surface area contributed by atoms with Gasteiger partial charge in [-0.2, -0.15) is 8.78 Å². The Hall–Kier alpha value is -3.24. The van der Waals surface area contributed by atoms with Crippen molar-refractivity contribution in [2.45, 2.75) is 45.2 Å². The molecule has 0 heterocycles. The van der Waals surface area contributed by atoms with Gasteiger partial charge in [0.25, 0.3) is 11.8 Å². The van der Waals surface area contributed by atoms with Crippen LogP contribution in [-0.2, 0) is 25.6 Å². The van der Waals surface area contributed by atoms with Crippen molar-refractivity contribution in [2.24, 2.45) is 5.92 Å². The number of amides is 3. The van der Waals surface area contributed by atoms with Gasteiger partial charge in [-0.15, -0.1) is 0 Å². The van der Waals surface area contributed by atoms with Gasteiger partial charge in [0.1, 0.15) is 11.8 Å². The number of ketones is 1. The molecule has 1 unspecified atom stereocenters. The summed E-state index contributed by atoms with van der Waals surface area (Å²) in [5, 5.41) is 7.31. The van der Waals surface area contributed by atoms with Crippen molar-refractivity contribution in [2.75, 3.05) is 13.2 Å². The van der Waals surface area contributed by atoms with E-state index in [4.69, 9.17) is 27.9 Å². The molecule has 2 aromatic carbocycles. The largest absolute Gasteiger partial charge is 0.484 e. The third-order valence-corrected chi connectivity index (χ3v) is 5.76. The summed E-state index contributed by atoms with van der Waals surface area (Å²) in [6, 6.07) is 10.1. The molecule has 0 aliphatic carbocycles. The van der Waals surface area contributed by atoms with E-state index in [-0.39, 0.29) is 18.7 Å². The zero-order chi connectivity index (χ0) is 28.5. The van der Waals surface area contributed by atoms with E-state index >= 15 is 0 Å². The number of carbonyl (C=O) groups excluding carboxylic acids is 4. The number of ether oxygens (including phenoxy) is 1. The first-order chi connectivity index (χ1) is 17.8. The lowest BCUT2D eigenvalue weighted by Crippen LogP contribution is -2.59. The summed E-state index contributed by atoms with van der Waals surface area (Å²) >= 11 is 11.9. The third kappa shape index (κ3) is 8.95. The number of halogens is 4. The summed E-state index contributed by atoms with van der Waals surface area (Å²) in [5.74, 6) is -10.0. The second kappa shape index (κ2) is 14.1. The van der Waals surface area contributed by atoms with Crippen LogP contribution in [0.25, 0.3) is 0 Å². The number of Topliss-reactive ketones (excluding diaryl/α,β-unsaturated/α-hetero) is 1. The second-order valence-corrected chi connectivity index (χ2v) is 9.60. The van der Waals surface area contributed by atoms with E-state index < -0.39 is 54.0 Å². The van der Waals surface area contributed by atoms with Crippen LogP contribution in [0.4, 0.5) is 8.78 Å². The molecule has 2 aromatic rings. The fourth-order valence-corrected chi connectivity index (χ4v) is 3.93. The lowest BCUT2D eigenvalue weighted by molar-refractivity contribution is -0.161. The number of hydrogen-bond donors (Lipinski definition) is 3. The predicted octanol–water partition coefficient (Wildman–Crippen LogP) is 3.58. The van der Waals surface area contributed by atoms with E-state index in [1.165, 1.54) is 39.0 Å². The van der Waals surface area contributed by atoms with E-state index in [1.54, 1.807) is 30.3 Å². The van der Waals surface area contributed by atoms with Gasteiger partial charge in [-0.05, 0) is 36.6 Å². The van der Waals surface area contributed by atoms with E-state index in [0.29, 0.717) is 15.6 Å². The van der Waals surface area contributed by atoms with Gasteiger partial charge in [0.15, 0.2) is 6.61 Å². The standard InChI is InChI=1S/C26H29Cl2F2N3O5/c1-4-31-25(37)26(29,30)23(35)22(15(2)3)33-24(36)20(10-16-8-6-5-7-9-16)32-21(34)14-38-19-12-17(27)11-18(28)13-19/h5-9,11-13,15,20,22H,4,10,14H2,1-3H3,(H,31,37)(H,32,34)(H,33,36)/t20?,22-/m0/s1. The lowest BCUT2D eigenvalue weighted by Gasteiger charge is -2.27. The quantitative estimate of drug-likeness (QED) is 0.318. The van der Waals surface area contributed by atoms with Crippen molar-refractivity contribution < 1.29 is 32.7 Å². The number of alkyl halides is 2. The zero-order valence-corrected chi connectivity index (χ0v) is 22.5. The second-order valence-electron chi connectivity index (χ2n) is 8.73. The topological polar surface area (TPSA) is 114 Å². The van der Waals surface area contributed by atoms with Crippen LogP contribution in [0.2, 0.25) is 10.0 Å². The van der Waals surface area contributed by atoms with Crippen molar-refractivity contribution in [3.8, 4) is 5.75 Å². The number of hydrogen-bond acceptors (Lipinski definition) is 5. The maximum Gasteiger partial charge on any atom is 0.383 e. The van der Waals surface area contributed by atoms with Crippen molar-refractivity contribution >= 4 is 46.7 Å². The Morgan fingerprint density at radius 2 is 1.58 bits per heavy atom. The van der Waals surface area contributed by atoms with Gasteiger partial charge in [-0.25, -0.2) is 0 Å². The van der Waals surface area contributed by atoms with Crippen LogP contribution in [0, 0.1) is 5.92 Å². The fraction of sp³-hybridized carbons (Fsp3) is 0.385. The van der Waals surface area contributed by atoms with Crippen LogP contribution < -0.4 is 20.7 Å². The molecule has 0 aromatic heterocycles. The van der Waals surface area contributed by atoms with Gasteiger partial charge in [0.05, 0.1) is 6.04 Å². The molecule has 12 heteroatoms. The van der Waals surface area contributed by atoms with Crippen molar-refractivity contribution in [1.29, 1.82) is 0 Å². The van der Waals surface area contributed by atoms with Crippen LogP contribution in [-0.4, -0.2) is 54.7 Å². The maximum atomic E-state index is 14.5. The molecule has 0 bridgehead atoms. The molecular formula is C26H29Cl2F2N3O5. The SMILES string of the molecule is CCNC(=O)C(F)(F)C(=O)[C@@H](NC(=O)C(Cc1ccccc1)NC(=O)COc1cc(Cl)cc(Cl)c1)C(C)C. The highest BCUT2D eigenvalue weighted by molar-refractivity contribution is 6.34. The van der Waals surface area contributed by atoms with Crippen LogP contribution >= 0.6 is 23.2 Å². The molecular weight excluding hydrogens is 543 g/mol. The van der Waals surface area contributed by atoms with Crippen LogP contribution in [0.1, 0.15) is 26.3 Å². The smallest absolute Gasteiger partial charge is 0.383 e. The maximum absolute atomic E-state index is 14.5. The Morgan fingerprint density at radius 1 is 0.974 bits per heavy atom. The van der Waals surface area contributed by atoms with Crippen molar-refractivity contribution in [1.82, 2.24) is 16.0 Å². The summed E-state index contributed by atoms with van der Waals surface area (Å²) in [7, 11) is 0. The normalized spacial score (nSPS) is 12.8. The first-order valence-corrected chi connectivity index (χ1v) is 12.5. The molecule has 0 radical (unpaired) electrons. The monoisotopic (exact) mass is 571 g/mol. The molecule has 38 heavy (non-hydrogen) atoms. The number of nitrogens with one attached hydrogen (secondary N) is 3. The minimum atomic E-state index is -4.36. The van der Waals surface area contributed by atoms with Gasteiger partial charge in [-0.1, -0.05) is 67.4 Å². The van der Waals surface area contributed by atoms with E-state index in [9.17, 15) is 28.0 Å². The zero-order valence-electron chi connectivity index (χ0n) is 21.0. The van der Waals surface area contributed by atoms with Gasteiger partial charge in [0, 0.05) is 23.0 Å². The first-order valence-electron chi connectivity index (χ1n) is 11.8. The number of rotatable bonds is 13. The van der Waals surface area contributed by atoms with Crippen molar-refractivity contribution in [3.05, 3.63) is 64.1 Å². The minimum Gasteiger partial charge on any atom is -0.484 e. The third-order valence-electron chi connectivity index (χ3n) is 5.32. The molecule has 8 nitrogen and oxygen atoms in total. The first kappa shape index (κ1) is 31.0. The minimum absolute atomic E-state index is 0.00682. The average molecular weight is 572 g/mol. The highest BCUT2D eigenvalue weighted by atomic mass is 35.5. The molecule has 3 amide bonds. The summed E-state index contributed by atoms with van der Waals surface area (Å²) in [4.78, 5) is 50.2. The summed E-state index contributed by atoms with van der Waals surface area (Å²) < 4.78 is 34.4. The molecule has 2 atom stereocenters. The number of benzene rings is 2. The predicted molar refractivity (Wildman–Crippen MR) is 139 cm³/mol. The Bertz CT molecular complexity index is 1130. The van der Waals surface area contributed by atoms with Crippen LogP contribution in [0.5, 0.6) is 5.75 Å². The molecule has 0 aliphatic rings. The highest BCUT2D eigenvalue weighted by Crippen LogP contribution is 2.24. The summed E-state index contributed by atoms with van der Waals surface area (Å²) in [6.45, 7) is 3.73. The Kier molecular flexibility index (Phi) is 11.5. The molecule has 0 saturated heterocycles. The highest BCUT2D eigenvalue weighted by Gasteiger charge is 2.51. The van der Waals surface area contributed by atoms with E-state index in [0.717, 1.165) is 0 Å². The lowest BCUT2D eigenvalue weighted by atomic mass is 9.94. The molecule has 0 spiro atoms. The molecule has 3 N–H and O–H groups in total. The average Bonchev–Trinajstić information content (AvgIpc) is 2.85. The van der Waals surface area contributed by atoms with Gasteiger partial charge in [-0.3, -0.25) is 19.2 Å². The molecule has 0 aliphatic heterocycles. The van der Waals surface area contributed by atoms with Gasteiger partial charge in [0.2, 0.25) is 11.7 Å². The van der Waals surface area contributed by atoms with Gasteiger partial charge < -0.3 is 20.7 Å². The Balaban J connectivity index is 2.20. The van der Waals surface area contributed by atoms with Crippen LogP contribution in [0.15, 0.2) is 48.5 Å². The van der Waals surface area contributed by atoms with Crippen molar-refractivity contribution in [3.63, 3.8) is 0 Å². The van der Waals surface area contributed by atoms with Gasteiger partial charge >= 0.3 is 5.92 Å². The Labute approximate surface area is 229 Å². The molecule has 2 rings (SSSR count). The van der Waals surface area contributed by atoms with Crippen LogP contribution in [0.3, 0.4) is 0 Å². The van der Waals surface area contributed by atoms with E-state index in [2.05, 4.69) is 10.6 Å². The Morgan fingerprint density at radius 3 is 2.13 bits per heavy atom. The summed E-state index contributed by atoms with van der Waals surface area (Å²) in [6.07, 6.45) is -0.00682. The molecule has 206 valence electrons. The molecule has 0 fully saturated rings. The fourth-order valence-electron chi connectivity index (χ4n) is 3.42. The van der Waals surface area contributed by atoms with E-state index in [1.807, 2.05) is 5.32 Å². The molecule has 0 saturated carbocycles. The summed E-state index contributed by atoms with van der Waals surface area (Å²) in [5.41, 5.74) is 0.663.